The molecule has 2 aromatic rings. The first-order chi connectivity index (χ1) is 10.7. The predicted molar refractivity (Wildman–Crippen MR) is 93.4 cm³/mol. The monoisotopic (exact) mass is 318 g/mol. The average Bonchev–Trinajstić information content (AvgIpc) is 2.92. The summed E-state index contributed by atoms with van der Waals surface area (Å²) in [5.74, 6) is 0.862. The largest absolute Gasteiger partial charge is 0.494 e. The summed E-state index contributed by atoms with van der Waals surface area (Å²) in [7, 11) is 0. The van der Waals surface area contributed by atoms with Gasteiger partial charge in [0.05, 0.1) is 12.3 Å². The zero-order chi connectivity index (χ0) is 15.8. The fraction of sp³-hybridized carbons (Fsp3) is 0.375. The van der Waals surface area contributed by atoms with Crippen molar-refractivity contribution in [2.75, 3.05) is 18.5 Å². The highest BCUT2D eigenvalue weighted by Crippen LogP contribution is 2.15. The smallest absolute Gasteiger partial charge is 0.170 e. The Hall–Kier alpha value is -2.08. The number of anilines is 1. The van der Waals surface area contributed by atoms with Crippen LogP contribution in [0.15, 0.2) is 36.5 Å². The lowest BCUT2D eigenvalue weighted by Gasteiger charge is -2.11. The Bertz CT molecular complexity index is 594. The summed E-state index contributed by atoms with van der Waals surface area (Å²) in [6, 6.07) is 9.76. The van der Waals surface area contributed by atoms with Crippen LogP contribution in [0.1, 0.15) is 19.0 Å². The van der Waals surface area contributed by atoms with Crippen LogP contribution >= 0.6 is 12.2 Å². The molecule has 22 heavy (non-hydrogen) atoms. The molecule has 0 aliphatic rings. The molecule has 2 N–H and O–H groups in total. The third-order valence-corrected chi connectivity index (χ3v) is 3.29. The lowest BCUT2D eigenvalue weighted by atomic mass is 10.3. The van der Waals surface area contributed by atoms with Gasteiger partial charge in [0, 0.05) is 25.0 Å². The van der Waals surface area contributed by atoms with Crippen LogP contribution in [0.5, 0.6) is 5.75 Å². The van der Waals surface area contributed by atoms with Gasteiger partial charge in [0.25, 0.3) is 0 Å². The van der Waals surface area contributed by atoms with Gasteiger partial charge in [-0.05, 0) is 62.8 Å². The van der Waals surface area contributed by atoms with Crippen LogP contribution in [-0.4, -0.2) is 28.0 Å². The van der Waals surface area contributed by atoms with Crippen LogP contribution in [-0.2, 0) is 6.54 Å². The van der Waals surface area contributed by atoms with Crippen LogP contribution < -0.4 is 15.4 Å². The molecule has 0 bridgehead atoms. The summed E-state index contributed by atoms with van der Waals surface area (Å²) < 4.78 is 7.35. The second-order valence-corrected chi connectivity index (χ2v) is 5.32. The number of ether oxygens (including phenoxy) is 1. The maximum absolute atomic E-state index is 5.40. The van der Waals surface area contributed by atoms with Crippen molar-refractivity contribution in [3.8, 4) is 5.75 Å². The molecule has 0 radical (unpaired) electrons. The number of nitrogens with one attached hydrogen (secondary N) is 2. The van der Waals surface area contributed by atoms with E-state index in [1.807, 2.05) is 55.1 Å². The third-order valence-electron chi connectivity index (χ3n) is 3.05. The van der Waals surface area contributed by atoms with Gasteiger partial charge in [-0.1, -0.05) is 0 Å². The van der Waals surface area contributed by atoms with Gasteiger partial charge in [-0.15, -0.1) is 0 Å². The molecule has 0 atom stereocenters. The van der Waals surface area contributed by atoms with E-state index in [4.69, 9.17) is 17.0 Å². The molecular weight excluding hydrogens is 296 g/mol. The molecule has 0 amide bonds. The molecule has 0 unspecified atom stereocenters. The average molecular weight is 318 g/mol. The van der Waals surface area contributed by atoms with Gasteiger partial charge in [0.1, 0.15) is 5.75 Å². The first-order valence-corrected chi connectivity index (χ1v) is 7.86. The van der Waals surface area contributed by atoms with Gasteiger partial charge in [-0.25, -0.2) is 0 Å². The quantitative estimate of drug-likeness (QED) is 0.607. The summed E-state index contributed by atoms with van der Waals surface area (Å²) in [6.07, 6.45) is 2.96. The van der Waals surface area contributed by atoms with E-state index in [1.165, 1.54) is 0 Å². The Kier molecular flexibility index (Phi) is 6.21. The normalized spacial score (nSPS) is 10.3. The van der Waals surface area contributed by atoms with E-state index in [2.05, 4.69) is 15.7 Å². The Morgan fingerprint density at radius 3 is 2.68 bits per heavy atom. The molecule has 0 fully saturated rings. The van der Waals surface area contributed by atoms with Gasteiger partial charge >= 0.3 is 0 Å². The molecule has 0 spiro atoms. The van der Waals surface area contributed by atoms with Gasteiger partial charge in [0.15, 0.2) is 5.11 Å². The third kappa shape index (κ3) is 5.37. The van der Waals surface area contributed by atoms with Crippen LogP contribution in [0.4, 0.5) is 5.69 Å². The SMILES string of the molecule is CCOc1ccc(NC(=S)NCCCn2ccc(C)n2)cc1. The molecule has 0 saturated heterocycles. The topological polar surface area (TPSA) is 51.1 Å². The molecule has 1 aromatic heterocycles. The van der Waals surface area contributed by atoms with Crippen molar-refractivity contribution in [1.82, 2.24) is 15.1 Å². The van der Waals surface area contributed by atoms with Crippen molar-refractivity contribution in [2.24, 2.45) is 0 Å². The summed E-state index contributed by atoms with van der Waals surface area (Å²) >= 11 is 5.28. The highest BCUT2D eigenvalue weighted by molar-refractivity contribution is 7.80. The highest BCUT2D eigenvalue weighted by Gasteiger charge is 1.99. The van der Waals surface area contributed by atoms with Gasteiger partial charge in [-0.2, -0.15) is 5.10 Å². The van der Waals surface area contributed by atoms with E-state index in [-0.39, 0.29) is 0 Å². The van der Waals surface area contributed by atoms with Crippen molar-refractivity contribution in [1.29, 1.82) is 0 Å². The molecule has 0 aliphatic heterocycles. The summed E-state index contributed by atoms with van der Waals surface area (Å²) in [6.45, 7) is 6.32. The van der Waals surface area contributed by atoms with E-state index in [1.54, 1.807) is 0 Å². The number of hydrogen-bond donors (Lipinski definition) is 2. The molecule has 0 saturated carbocycles. The Morgan fingerprint density at radius 1 is 1.27 bits per heavy atom. The zero-order valence-corrected chi connectivity index (χ0v) is 13.8. The number of aryl methyl sites for hydroxylation is 2. The van der Waals surface area contributed by atoms with Crippen molar-refractivity contribution >= 4 is 23.0 Å². The minimum Gasteiger partial charge on any atom is -0.494 e. The Morgan fingerprint density at radius 2 is 2.05 bits per heavy atom. The molecule has 1 aromatic carbocycles. The first-order valence-electron chi connectivity index (χ1n) is 7.45. The lowest BCUT2D eigenvalue weighted by molar-refractivity contribution is 0.340. The predicted octanol–water partition coefficient (Wildman–Crippen LogP) is 2.97. The zero-order valence-electron chi connectivity index (χ0n) is 13.0. The highest BCUT2D eigenvalue weighted by atomic mass is 32.1. The minimum absolute atomic E-state index is 0.626. The van der Waals surface area contributed by atoms with Crippen LogP contribution in [0.3, 0.4) is 0 Å². The van der Waals surface area contributed by atoms with Crippen molar-refractivity contribution in [3.63, 3.8) is 0 Å². The standard InChI is InChI=1S/C16H22N4OS/c1-3-21-15-7-5-14(6-8-15)18-16(22)17-10-4-11-20-12-9-13(2)19-20/h5-9,12H,3-4,10-11H2,1-2H3,(H2,17,18,22). The van der Waals surface area contributed by atoms with Gasteiger partial charge < -0.3 is 15.4 Å². The first kappa shape index (κ1) is 16.3. The number of nitrogens with zero attached hydrogens (tertiary/aromatic N) is 2. The van der Waals surface area contributed by atoms with Crippen LogP contribution in [0.2, 0.25) is 0 Å². The Labute approximate surface area is 136 Å². The maximum atomic E-state index is 5.40. The number of hydrogen-bond acceptors (Lipinski definition) is 3. The van der Waals surface area contributed by atoms with Crippen molar-refractivity contribution in [3.05, 3.63) is 42.2 Å². The van der Waals surface area contributed by atoms with Gasteiger partial charge in [0.2, 0.25) is 0 Å². The fourth-order valence-corrected chi connectivity index (χ4v) is 2.23. The maximum Gasteiger partial charge on any atom is 0.170 e. The molecular formula is C16H22N4OS. The summed E-state index contributed by atoms with van der Waals surface area (Å²) in [5.41, 5.74) is 1.99. The fourth-order valence-electron chi connectivity index (χ4n) is 2.01. The number of benzene rings is 1. The van der Waals surface area contributed by atoms with Gasteiger partial charge in [-0.3, -0.25) is 4.68 Å². The number of thiocarbonyl (C=S) groups is 1. The second kappa shape index (κ2) is 8.38. The lowest BCUT2D eigenvalue weighted by Crippen LogP contribution is -2.29. The van der Waals surface area contributed by atoms with Crippen molar-refractivity contribution in [2.45, 2.75) is 26.8 Å². The molecule has 6 heteroatoms. The van der Waals surface area contributed by atoms with Crippen LogP contribution in [0.25, 0.3) is 0 Å². The van der Waals surface area contributed by atoms with E-state index in [0.717, 1.165) is 36.6 Å². The Balaban J connectivity index is 1.66. The molecule has 5 nitrogen and oxygen atoms in total. The molecule has 1 heterocycles. The van der Waals surface area contributed by atoms with E-state index < -0.39 is 0 Å². The van der Waals surface area contributed by atoms with E-state index in [0.29, 0.717) is 11.7 Å². The van der Waals surface area contributed by atoms with E-state index >= 15 is 0 Å². The number of aromatic nitrogens is 2. The summed E-state index contributed by atoms with van der Waals surface area (Å²) in [5, 5.41) is 11.3. The van der Waals surface area contributed by atoms with Crippen LogP contribution in [0, 0.1) is 6.92 Å². The molecule has 118 valence electrons. The minimum atomic E-state index is 0.626. The van der Waals surface area contributed by atoms with Crippen molar-refractivity contribution < 1.29 is 4.74 Å². The molecule has 0 aliphatic carbocycles. The number of rotatable bonds is 7. The van der Waals surface area contributed by atoms with E-state index in [9.17, 15) is 0 Å². The molecule has 2 rings (SSSR count). The summed E-state index contributed by atoms with van der Waals surface area (Å²) in [4.78, 5) is 0. The second-order valence-electron chi connectivity index (χ2n) is 4.91.